The predicted octanol–water partition coefficient (Wildman–Crippen LogP) is 1.88. The molecule has 0 N–H and O–H groups in total. The second-order valence-electron chi connectivity index (χ2n) is 4.42. The molecule has 0 aliphatic carbocycles. The number of hydrogen-bond acceptors (Lipinski definition) is 4. The van der Waals surface area contributed by atoms with Crippen LogP contribution in [0.1, 0.15) is 28.4 Å². The Bertz CT molecular complexity index is 441. The summed E-state index contributed by atoms with van der Waals surface area (Å²) in [5.41, 5.74) is 0.982. The number of amides is 1. The van der Waals surface area contributed by atoms with Crippen LogP contribution in [-0.2, 0) is 21.3 Å². The van der Waals surface area contributed by atoms with Crippen molar-refractivity contribution in [1.29, 1.82) is 0 Å². The zero-order valence-electron chi connectivity index (χ0n) is 11.4. The third-order valence-electron chi connectivity index (χ3n) is 2.55. The van der Waals surface area contributed by atoms with E-state index >= 15 is 0 Å². The average molecular weight is 288 g/mol. The standard InChI is InChI=1S/C12H20N2O2S2/c1-9-11(17-10(2)13-9)8-18(16)7-5-6-12(15)14(3)4/h5-8H2,1-4H3/t18-/m0/s1. The maximum absolute atomic E-state index is 11.9. The van der Waals surface area contributed by atoms with Gasteiger partial charge in [-0.05, 0) is 20.3 Å². The lowest BCUT2D eigenvalue weighted by Crippen LogP contribution is -2.21. The average Bonchev–Trinajstić information content (AvgIpc) is 2.57. The minimum absolute atomic E-state index is 0.0943. The highest BCUT2D eigenvalue weighted by Gasteiger charge is 2.10. The first kappa shape index (κ1) is 15.3. The summed E-state index contributed by atoms with van der Waals surface area (Å²) in [6.45, 7) is 3.91. The van der Waals surface area contributed by atoms with Crippen molar-refractivity contribution in [2.45, 2.75) is 32.4 Å². The Kier molecular flexibility index (Phi) is 5.95. The molecule has 0 saturated carbocycles. The lowest BCUT2D eigenvalue weighted by atomic mass is 10.3. The van der Waals surface area contributed by atoms with E-state index in [1.165, 1.54) is 0 Å². The minimum Gasteiger partial charge on any atom is -0.349 e. The summed E-state index contributed by atoms with van der Waals surface area (Å²) >= 11 is 1.61. The van der Waals surface area contributed by atoms with Gasteiger partial charge in [-0.2, -0.15) is 0 Å². The van der Waals surface area contributed by atoms with Crippen molar-refractivity contribution in [2.75, 3.05) is 19.8 Å². The monoisotopic (exact) mass is 288 g/mol. The first-order valence-electron chi connectivity index (χ1n) is 5.88. The smallest absolute Gasteiger partial charge is 0.222 e. The van der Waals surface area contributed by atoms with Crippen molar-refractivity contribution < 1.29 is 9.00 Å². The van der Waals surface area contributed by atoms with Crippen LogP contribution in [0.25, 0.3) is 0 Å². The van der Waals surface area contributed by atoms with E-state index in [-0.39, 0.29) is 5.91 Å². The van der Waals surface area contributed by atoms with Crippen LogP contribution in [-0.4, -0.2) is 39.8 Å². The molecule has 102 valence electrons. The van der Waals surface area contributed by atoms with Gasteiger partial charge in [0.15, 0.2) is 0 Å². The Hall–Kier alpha value is -0.750. The normalized spacial score (nSPS) is 12.4. The van der Waals surface area contributed by atoms with Crippen molar-refractivity contribution >= 4 is 28.0 Å². The molecule has 0 aromatic carbocycles. The Morgan fingerprint density at radius 3 is 2.56 bits per heavy atom. The van der Waals surface area contributed by atoms with Crippen LogP contribution in [0.15, 0.2) is 0 Å². The first-order valence-corrected chi connectivity index (χ1v) is 8.18. The maximum Gasteiger partial charge on any atom is 0.222 e. The van der Waals surface area contributed by atoms with E-state index in [0.717, 1.165) is 15.6 Å². The fraction of sp³-hybridized carbons (Fsp3) is 0.667. The van der Waals surface area contributed by atoms with E-state index in [1.807, 2.05) is 13.8 Å². The van der Waals surface area contributed by atoms with Gasteiger partial charge in [-0.3, -0.25) is 9.00 Å². The molecule has 1 amide bonds. The van der Waals surface area contributed by atoms with Crippen LogP contribution in [0.5, 0.6) is 0 Å². The third-order valence-corrected chi connectivity index (χ3v) is 5.16. The molecule has 1 aromatic heterocycles. The molecule has 18 heavy (non-hydrogen) atoms. The molecule has 0 saturated heterocycles. The minimum atomic E-state index is -0.898. The first-order chi connectivity index (χ1) is 8.40. The molecule has 0 aliphatic heterocycles. The number of hydrogen-bond donors (Lipinski definition) is 0. The van der Waals surface area contributed by atoms with E-state index in [2.05, 4.69) is 4.98 Å². The topological polar surface area (TPSA) is 50.3 Å². The van der Waals surface area contributed by atoms with Crippen LogP contribution in [0.3, 0.4) is 0 Å². The van der Waals surface area contributed by atoms with Crippen LogP contribution >= 0.6 is 11.3 Å². The SMILES string of the molecule is Cc1nc(C)c(C[S@@](=O)CCCC(=O)N(C)C)s1. The molecule has 0 unspecified atom stereocenters. The van der Waals surface area contributed by atoms with Gasteiger partial charge >= 0.3 is 0 Å². The summed E-state index contributed by atoms with van der Waals surface area (Å²) in [5, 5.41) is 1.02. The zero-order valence-corrected chi connectivity index (χ0v) is 13.0. The van der Waals surface area contributed by atoms with Crippen molar-refractivity contribution in [3.8, 4) is 0 Å². The molecule has 1 heterocycles. The van der Waals surface area contributed by atoms with Crippen LogP contribution in [0.4, 0.5) is 0 Å². The van der Waals surface area contributed by atoms with Gasteiger partial charge in [0.05, 0.1) is 16.5 Å². The van der Waals surface area contributed by atoms with Crippen LogP contribution in [0.2, 0.25) is 0 Å². The van der Waals surface area contributed by atoms with Crippen molar-refractivity contribution in [3.05, 3.63) is 15.6 Å². The van der Waals surface area contributed by atoms with Gasteiger partial charge in [-0.25, -0.2) is 4.98 Å². The third kappa shape index (κ3) is 4.86. The van der Waals surface area contributed by atoms with Crippen molar-refractivity contribution in [1.82, 2.24) is 9.88 Å². The number of aromatic nitrogens is 1. The molecule has 0 radical (unpaired) electrons. The van der Waals surface area contributed by atoms with Gasteiger partial charge in [0.2, 0.25) is 5.91 Å². The fourth-order valence-electron chi connectivity index (χ4n) is 1.53. The molecule has 6 heteroatoms. The molecule has 0 aliphatic rings. The lowest BCUT2D eigenvalue weighted by molar-refractivity contribution is -0.128. The summed E-state index contributed by atoms with van der Waals surface area (Å²) in [7, 11) is 2.58. The Labute approximate surface area is 115 Å². The highest BCUT2D eigenvalue weighted by atomic mass is 32.2. The number of thiazole rings is 1. The van der Waals surface area contributed by atoms with Crippen molar-refractivity contribution in [3.63, 3.8) is 0 Å². The van der Waals surface area contributed by atoms with Crippen LogP contribution in [0, 0.1) is 13.8 Å². The van der Waals surface area contributed by atoms with Gasteiger partial charge in [-0.1, -0.05) is 0 Å². The summed E-state index contributed by atoms with van der Waals surface area (Å²) in [6, 6.07) is 0. The highest BCUT2D eigenvalue weighted by Crippen LogP contribution is 2.19. The number of rotatable bonds is 6. The van der Waals surface area contributed by atoms with E-state index in [0.29, 0.717) is 24.3 Å². The summed E-state index contributed by atoms with van der Waals surface area (Å²) < 4.78 is 11.9. The second-order valence-corrected chi connectivity index (χ2v) is 7.29. The van der Waals surface area contributed by atoms with E-state index in [1.54, 1.807) is 30.3 Å². The van der Waals surface area contributed by atoms with E-state index in [4.69, 9.17) is 0 Å². The molecule has 1 rings (SSSR count). The van der Waals surface area contributed by atoms with E-state index in [9.17, 15) is 9.00 Å². The Balaban J connectivity index is 2.34. The van der Waals surface area contributed by atoms with Gasteiger partial charge in [0.25, 0.3) is 0 Å². The van der Waals surface area contributed by atoms with Gasteiger partial charge in [-0.15, -0.1) is 11.3 Å². The number of carbonyl (C=O) groups is 1. The molecule has 0 bridgehead atoms. The largest absolute Gasteiger partial charge is 0.349 e. The van der Waals surface area contributed by atoms with Crippen LogP contribution < -0.4 is 0 Å². The van der Waals surface area contributed by atoms with Crippen molar-refractivity contribution in [2.24, 2.45) is 0 Å². The summed E-state index contributed by atoms with van der Waals surface area (Å²) in [4.78, 5) is 18.3. The number of carbonyl (C=O) groups excluding carboxylic acids is 1. The van der Waals surface area contributed by atoms with Gasteiger partial charge in [0.1, 0.15) is 0 Å². The maximum atomic E-state index is 11.9. The summed E-state index contributed by atoms with van der Waals surface area (Å²) in [5.74, 6) is 1.24. The van der Waals surface area contributed by atoms with Gasteiger partial charge < -0.3 is 4.90 Å². The molecule has 4 nitrogen and oxygen atoms in total. The molecular weight excluding hydrogens is 268 g/mol. The molecule has 1 atom stereocenters. The molecule has 0 fully saturated rings. The molecule has 0 spiro atoms. The van der Waals surface area contributed by atoms with E-state index < -0.39 is 10.8 Å². The lowest BCUT2D eigenvalue weighted by Gasteiger charge is -2.09. The highest BCUT2D eigenvalue weighted by molar-refractivity contribution is 7.84. The predicted molar refractivity (Wildman–Crippen MR) is 76.2 cm³/mol. The Morgan fingerprint density at radius 1 is 1.39 bits per heavy atom. The van der Waals surface area contributed by atoms with Gasteiger partial charge in [0, 0.05) is 41.9 Å². The quantitative estimate of drug-likeness (QED) is 0.803. The molecule has 1 aromatic rings. The Morgan fingerprint density at radius 2 is 2.06 bits per heavy atom. The zero-order chi connectivity index (χ0) is 13.7. The second kappa shape index (κ2) is 6.99. The molecular formula is C12H20N2O2S2. The fourth-order valence-corrected chi connectivity index (χ4v) is 4.01. The number of aryl methyl sites for hydroxylation is 2. The summed E-state index contributed by atoms with van der Waals surface area (Å²) in [6.07, 6.45) is 1.15. The number of nitrogens with zero attached hydrogens (tertiary/aromatic N) is 2.